The maximum atomic E-state index is 13.5. The average molecular weight is 292 g/mol. The SMILES string of the molecule is COc1ccc(C(=O)CSc2nccc(C)n2)cc1F. The van der Waals surface area contributed by atoms with Crippen molar-refractivity contribution in [3.8, 4) is 5.75 Å². The number of Topliss-reactive ketones (excluding diaryl/α,β-unsaturated/α-hetero) is 1. The third-order valence-electron chi connectivity index (χ3n) is 2.58. The summed E-state index contributed by atoms with van der Waals surface area (Å²) in [6.45, 7) is 1.85. The van der Waals surface area contributed by atoms with Gasteiger partial charge < -0.3 is 4.74 Å². The highest BCUT2D eigenvalue weighted by molar-refractivity contribution is 7.99. The molecule has 0 aliphatic rings. The van der Waals surface area contributed by atoms with Crippen molar-refractivity contribution >= 4 is 17.5 Å². The molecule has 4 nitrogen and oxygen atoms in total. The number of nitrogens with zero attached hydrogens (tertiary/aromatic N) is 2. The maximum Gasteiger partial charge on any atom is 0.188 e. The van der Waals surface area contributed by atoms with E-state index in [1.807, 2.05) is 6.92 Å². The van der Waals surface area contributed by atoms with Crippen LogP contribution in [0.25, 0.3) is 0 Å². The topological polar surface area (TPSA) is 52.1 Å². The van der Waals surface area contributed by atoms with Gasteiger partial charge in [-0.15, -0.1) is 0 Å². The third-order valence-corrected chi connectivity index (χ3v) is 3.44. The number of thioether (sulfide) groups is 1. The van der Waals surface area contributed by atoms with E-state index in [1.165, 1.54) is 31.0 Å². The number of rotatable bonds is 5. The Bertz CT molecular complexity index is 634. The van der Waals surface area contributed by atoms with E-state index >= 15 is 0 Å². The molecule has 0 unspecified atom stereocenters. The summed E-state index contributed by atoms with van der Waals surface area (Å²) in [7, 11) is 1.38. The smallest absolute Gasteiger partial charge is 0.188 e. The first-order valence-corrected chi connectivity index (χ1v) is 6.88. The van der Waals surface area contributed by atoms with Crippen molar-refractivity contribution in [1.29, 1.82) is 0 Å². The molecule has 0 amide bonds. The monoisotopic (exact) mass is 292 g/mol. The van der Waals surface area contributed by atoms with Crippen molar-refractivity contribution in [1.82, 2.24) is 9.97 Å². The van der Waals surface area contributed by atoms with Gasteiger partial charge >= 0.3 is 0 Å². The Kier molecular flexibility index (Phi) is 4.68. The Morgan fingerprint density at radius 2 is 2.20 bits per heavy atom. The summed E-state index contributed by atoms with van der Waals surface area (Å²) in [5.41, 5.74) is 1.15. The zero-order chi connectivity index (χ0) is 14.5. The van der Waals surface area contributed by atoms with Crippen molar-refractivity contribution in [2.45, 2.75) is 12.1 Å². The molecule has 1 heterocycles. The maximum absolute atomic E-state index is 13.5. The van der Waals surface area contributed by atoms with Gasteiger partial charge in [0.2, 0.25) is 0 Å². The van der Waals surface area contributed by atoms with Gasteiger partial charge in [0.1, 0.15) is 0 Å². The summed E-state index contributed by atoms with van der Waals surface area (Å²) in [5.74, 6) is -0.442. The lowest BCUT2D eigenvalue weighted by Gasteiger charge is -2.04. The normalized spacial score (nSPS) is 10.3. The quantitative estimate of drug-likeness (QED) is 0.482. The van der Waals surface area contributed by atoms with Gasteiger partial charge in [0.15, 0.2) is 22.5 Å². The standard InChI is InChI=1S/C14H13FN2O2S/c1-9-5-6-16-14(17-9)20-8-12(18)10-3-4-13(19-2)11(15)7-10/h3-7H,8H2,1-2H3. The molecule has 20 heavy (non-hydrogen) atoms. The molecule has 0 N–H and O–H groups in total. The van der Waals surface area contributed by atoms with Crippen LogP contribution in [0.15, 0.2) is 35.6 Å². The lowest BCUT2D eigenvalue weighted by atomic mass is 10.1. The molecule has 0 aliphatic carbocycles. The molecule has 0 aliphatic heterocycles. The fourth-order valence-corrected chi connectivity index (χ4v) is 2.32. The molecule has 0 saturated carbocycles. The largest absolute Gasteiger partial charge is 0.494 e. The molecule has 0 atom stereocenters. The lowest BCUT2D eigenvalue weighted by Crippen LogP contribution is -2.04. The number of ketones is 1. The highest BCUT2D eigenvalue weighted by Crippen LogP contribution is 2.20. The first-order chi connectivity index (χ1) is 9.60. The molecule has 6 heteroatoms. The van der Waals surface area contributed by atoms with Crippen LogP contribution in [0.2, 0.25) is 0 Å². The molecule has 104 valence electrons. The van der Waals surface area contributed by atoms with Crippen molar-refractivity contribution in [2.24, 2.45) is 0 Å². The van der Waals surface area contributed by atoms with Gasteiger partial charge in [-0.3, -0.25) is 4.79 Å². The van der Waals surface area contributed by atoms with E-state index in [-0.39, 0.29) is 17.3 Å². The van der Waals surface area contributed by atoms with Gasteiger partial charge in [-0.05, 0) is 31.2 Å². The fraction of sp³-hybridized carbons (Fsp3) is 0.214. The molecular formula is C14H13FN2O2S. The molecule has 0 bridgehead atoms. The second-order valence-electron chi connectivity index (χ2n) is 4.04. The summed E-state index contributed by atoms with van der Waals surface area (Å²) >= 11 is 1.23. The predicted octanol–water partition coefficient (Wildman–Crippen LogP) is 2.91. The number of carbonyl (C=O) groups is 1. The van der Waals surface area contributed by atoms with Gasteiger partial charge in [0.05, 0.1) is 12.9 Å². The zero-order valence-electron chi connectivity index (χ0n) is 11.1. The Hall–Kier alpha value is -1.95. The second-order valence-corrected chi connectivity index (χ2v) is 4.98. The van der Waals surface area contributed by atoms with E-state index in [0.29, 0.717) is 10.7 Å². The average Bonchev–Trinajstić information content (AvgIpc) is 2.44. The number of carbonyl (C=O) groups excluding carboxylic acids is 1. The zero-order valence-corrected chi connectivity index (χ0v) is 11.9. The molecule has 2 aromatic rings. The second kappa shape index (κ2) is 6.47. The summed E-state index contributed by atoms with van der Waals surface area (Å²) in [6, 6.07) is 5.95. The van der Waals surface area contributed by atoms with Crippen LogP contribution in [0.5, 0.6) is 5.75 Å². The van der Waals surface area contributed by atoms with Gasteiger partial charge in [-0.2, -0.15) is 0 Å². The molecule has 1 aromatic heterocycles. The lowest BCUT2D eigenvalue weighted by molar-refractivity contribution is 0.102. The number of ether oxygens (including phenoxy) is 1. The van der Waals surface area contributed by atoms with Crippen LogP contribution < -0.4 is 4.74 Å². The van der Waals surface area contributed by atoms with Gasteiger partial charge in [0, 0.05) is 17.5 Å². The predicted molar refractivity (Wildman–Crippen MR) is 74.8 cm³/mol. The molecule has 0 saturated heterocycles. The van der Waals surface area contributed by atoms with Crippen LogP contribution in [0, 0.1) is 12.7 Å². The number of benzene rings is 1. The molecule has 2 rings (SSSR count). The van der Waals surface area contributed by atoms with Gasteiger partial charge in [0.25, 0.3) is 0 Å². The highest BCUT2D eigenvalue weighted by atomic mass is 32.2. The van der Waals surface area contributed by atoms with E-state index in [0.717, 1.165) is 5.69 Å². The number of halogens is 1. The van der Waals surface area contributed by atoms with E-state index in [1.54, 1.807) is 18.3 Å². The van der Waals surface area contributed by atoms with E-state index in [2.05, 4.69) is 9.97 Å². The summed E-state index contributed by atoms with van der Waals surface area (Å²) in [6.07, 6.45) is 1.64. The van der Waals surface area contributed by atoms with Crippen molar-refractivity contribution < 1.29 is 13.9 Å². The molecule has 1 aromatic carbocycles. The number of aryl methyl sites for hydroxylation is 1. The van der Waals surface area contributed by atoms with Crippen LogP contribution in [-0.2, 0) is 0 Å². The molecule has 0 spiro atoms. The van der Waals surface area contributed by atoms with Crippen LogP contribution in [0.4, 0.5) is 4.39 Å². The van der Waals surface area contributed by atoms with Gasteiger partial charge in [-0.1, -0.05) is 11.8 Å². The number of hydrogen-bond donors (Lipinski definition) is 0. The van der Waals surface area contributed by atoms with Crippen LogP contribution in [0.1, 0.15) is 16.1 Å². The first kappa shape index (κ1) is 14.5. The van der Waals surface area contributed by atoms with Crippen LogP contribution in [0.3, 0.4) is 0 Å². The minimum Gasteiger partial charge on any atom is -0.494 e. The number of methoxy groups -OCH3 is 1. The van der Waals surface area contributed by atoms with E-state index in [9.17, 15) is 9.18 Å². The van der Waals surface area contributed by atoms with Crippen molar-refractivity contribution in [2.75, 3.05) is 12.9 Å². The first-order valence-electron chi connectivity index (χ1n) is 5.89. The summed E-state index contributed by atoms with van der Waals surface area (Å²) in [4.78, 5) is 20.2. The molecule has 0 fully saturated rings. The van der Waals surface area contributed by atoms with E-state index in [4.69, 9.17) is 4.74 Å². The minimum absolute atomic E-state index is 0.122. The molecule has 0 radical (unpaired) electrons. The Balaban J connectivity index is 2.03. The number of hydrogen-bond acceptors (Lipinski definition) is 5. The van der Waals surface area contributed by atoms with Gasteiger partial charge in [-0.25, -0.2) is 14.4 Å². The van der Waals surface area contributed by atoms with Crippen LogP contribution in [-0.4, -0.2) is 28.6 Å². The van der Waals surface area contributed by atoms with Crippen LogP contribution >= 0.6 is 11.8 Å². The van der Waals surface area contributed by atoms with Crippen molar-refractivity contribution in [3.05, 3.63) is 47.5 Å². The summed E-state index contributed by atoms with van der Waals surface area (Å²) < 4.78 is 18.3. The summed E-state index contributed by atoms with van der Waals surface area (Å²) in [5, 5.41) is 0.535. The fourth-order valence-electron chi connectivity index (χ4n) is 1.55. The molecular weight excluding hydrogens is 279 g/mol. The third kappa shape index (κ3) is 3.54. The van der Waals surface area contributed by atoms with Crippen molar-refractivity contribution in [3.63, 3.8) is 0 Å². The number of aromatic nitrogens is 2. The van der Waals surface area contributed by atoms with E-state index < -0.39 is 5.82 Å². The Morgan fingerprint density at radius 3 is 2.85 bits per heavy atom. The Labute approximate surface area is 120 Å². The Morgan fingerprint density at radius 1 is 1.40 bits per heavy atom. The minimum atomic E-state index is -0.546. The highest BCUT2D eigenvalue weighted by Gasteiger charge is 2.11.